The molecule has 59 heavy (non-hydrogen) atoms. The zero-order valence-electron chi connectivity index (χ0n) is 35.1. The highest BCUT2D eigenvalue weighted by atomic mass is 35.5. The van der Waals surface area contributed by atoms with Gasteiger partial charge in [0.05, 0.1) is 56.6 Å². The number of halogens is 1. The van der Waals surface area contributed by atoms with Crippen molar-refractivity contribution < 1.29 is 52.2 Å². The highest BCUT2D eigenvalue weighted by molar-refractivity contribution is 6.48. The van der Waals surface area contributed by atoms with Gasteiger partial charge in [0.25, 0.3) is 0 Å². The first-order chi connectivity index (χ1) is 27.8. The summed E-state index contributed by atoms with van der Waals surface area (Å²) in [5, 5.41) is 5.78. The van der Waals surface area contributed by atoms with Gasteiger partial charge >= 0.3 is 30.9 Å². The number of methoxy groups -OCH3 is 3. The van der Waals surface area contributed by atoms with Crippen LogP contribution in [0.1, 0.15) is 94.8 Å². The molecule has 8 rings (SSSR count). The lowest BCUT2D eigenvalue weighted by Crippen LogP contribution is -2.65. The molecular weight excluding hydrogens is 783 g/mol. The Morgan fingerprint density at radius 1 is 0.983 bits per heavy atom. The number of amides is 5. The molecule has 5 amide bonds. The number of ether oxygens (including phenoxy) is 4. The number of piperazine rings is 1. The minimum atomic E-state index is -1.53. The maximum absolute atomic E-state index is 15.0. The summed E-state index contributed by atoms with van der Waals surface area (Å²) in [6.45, 7) is 12.3. The number of nitrogens with one attached hydrogen (secondary N) is 2. The zero-order chi connectivity index (χ0) is 42.8. The smallest absolute Gasteiger partial charge is 0.482 e. The molecule has 6 aliphatic rings. The summed E-state index contributed by atoms with van der Waals surface area (Å²) in [5.41, 5.74) is -0.493. The Hall–Kier alpha value is -4.54. The average Bonchev–Trinajstić information content (AvgIpc) is 3.81. The van der Waals surface area contributed by atoms with Crippen LogP contribution in [0, 0.1) is 17.3 Å². The minimum Gasteiger partial charge on any atom is -0.496 e. The summed E-state index contributed by atoms with van der Waals surface area (Å²) in [6, 6.07) is 5.37. The predicted octanol–water partition coefficient (Wildman–Crippen LogP) is 4.90. The third kappa shape index (κ3) is 7.60. The first-order valence-corrected chi connectivity index (χ1v) is 20.6. The van der Waals surface area contributed by atoms with Gasteiger partial charge in [-0.25, -0.2) is 9.59 Å². The molecule has 318 valence electrons. The molecule has 3 saturated heterocycles. The Balaban J connectivity index is 1.25. The van der Waals surface area contributed by atoms with Crippen LogP contribution in [0.2, 0.25) is 5.02 Å². The van der Waals surface area contributed by atoms with Gasteiger partial charge in [-0.3, -0.25) is 19.3 Å². The summed E-state index contributed by atoms with van der Waals surface area (Å²) in [5.74, 6) is -2.66. The molecule has 0 aromatic heterocycles. The molecule has 15 nitrogen and oxygen atoms in total. The molecule has 0 spiro atoms. The van der Waals surface area contributed by atoms with Crippen molar-refractivity contribution in [1.29, 1.82) is 0 Å². The summed E-state index contributed by atoms with van der Waals surface area (Å²) < 4.78 is 36.1. The Kier molecular flexibility index (Phi) is 11.4. The Morgan fingerprint density at radius 2 is 1.71 bits per heavy atom. The molecule has 17 heteroatoms. The molecule has 7 atom stereocenters. The molecule has 3 aliphatic carbocycles. The highest BCUT2D eigenvalue weighted by Gasteiger charge is 2.68. The van der Waals surface area contributed by atoms with E-state index in [1.54, 1.807) is 45.0 Å². The molecule has 2 N–H and O–H groups in total. The van der Waals surface area contributed by atoms with Crippen LogP contribution in [-0.4, -0.2) is 110 Å². The first kappa shape index (κ1) is 42.6. The van der Waals surface area contributed by atoms with Gasteiger partial charge in [-0.2, -0.15) is 0 Å². The average molecular weight is 837 g/mol. The number of hydrogen-bond acceptors (Lipinski definition) is 11. The predicted molar refractivity (Wildman–Crippen MR) is 216 cm³/mol. The summed E-state index contributed by atoms with van der Waals surface area (Å²) >= 11 is 6.91. The lowest BCUT2D eigenvalue weighted by molar-refractivity contribution is -0.199. The number of fused-ring (bicyclic) bond motifs is 1. The van der Waals surface area contributed by atoms with Crippen LogP contribution in [0.5, 0.6) is 17.2 Å². The zero-order valence-corrected chi connectivity index (χ0v) is 35.9. The number of rotatable bonds is 11. The highest BCUT2D eigenvalue weighted by Crippen LogP contribution is 2.65. The summed E-state index contributed by atoms with van der Waals surface area (Å²) in [6.07, 6.45) is 2.95. The molecule has 3 saturated carbocycles. The van der Waals surface area contributed by atoms with Crippen LogP contribution in [0.15, 0.2) is 30.3 Å². The first-order valence-electron chi connectivity index (χ1n) is 20.2. The molecule has 3 heterocycles. The molecule has 6 fully saturated rings. The Morgan fingerprint density at radius 3 is 2.37 bits per heavy atom. The lowest BCUT2D eigenvalue weighted by Gasteiger charge is -2.64. The minimum absolute atomic E-state index is 0.0208. The van der Waals surface area contributed by atoms with E-state index in [0.29, 0.717) is 30.9 Å². The maximum Gasteiger partial charge on any atom is 0.482 e. The van der Waals surface area contributed by atoms with E-state index in [-0.39, 0.29) is 69.8 Å². The van der Waals surface area contributed by atoms with Gasteiger partial charge < -0.3 is 43.8 Å². The normalized spacial score (nSPS) is 26.6. The monoisotopic (exact) mass is 836 g/mol. The van der Waals surface area contributed by atoms with E-state index < -0.39 is 60.0 Å². The molecule has 2 aromatic rings. The lowest BCUT2D eigenvalue weighted by atomic mass is 9.43. The number of urea groups is 1. The topological polar surface area (TPSA) is 171 Å². The van der Waals surface area contributed by atoms with Gasteiger partial charge in [-0.15, -0.1) is 0 Å². The fourth-order valence-corrected chi connectivity index (χ4v) is 10.2. The molecule has 2 aromatic carbocycles. The van der Waals surface area contributed by atoms with Crippen molar-refractivity contribution in [2.75, 3.05) is 34.4 Å². The third-order valence-electron chi connectivity index (χ3n) is 13.0. The Labute approximate surface area is 350 Å². The number of esters is 1. The fraction of sp³-hybridized carbons (Fsp3) is 0.595. The number of para-hydroxylation sites is 1. The second-order valence-corrected chi connectivity index (χ2v) is 18.3. The number of hydrogen-bond donors (Lipinski definition) is 2. The summed E-state index contributed by atoms with van der Waals surface area (Å²) in [4.78, 5) is 71.1. The van der Waals surface area contributed by atoms with E-state index in [1.807, 2.05) is 0 Å². The van der Waals surface area contributed by atoms with Crippen LogP contribution in [0.25, 0.3) is 0 Å². The molecule has 2 bridgehead atoms. The van der Waals surface area contributed by atoms with Crippen molar-refractivity contribution in [3.8, 4) is 17.2 Å². The van der Waals surface area contributed by atoms with Crippen LogP contribution < -0.4 is 24.8 Å². The fourth-order valence-electron chi connectivity index (χ4n) is 9.88. The van der Waals surface area contributed by atoms with Crippen molar-refractivity contribution >= 4 is 48.4 Å². The van der Waals surface area contributed by atoms with E-state index in [4.69, 9.17) is 39.9 Å². The van der Waals surface area contributed by atoms with Crippen molar-refractivity contribution in [3.63, 3.8) is 0 Å². The second-order valence-electron chi connectivity index (χ2n) is 18.0. The Bertz CT molecular complexity index is 2040. The molecular formula is C42H54BClN4O11. The quantitative estimate of drug-likeness (QED) is 0.179. The van der Waals surface area contributed by atoms with Crippen LogP contribution in [0.4, 0.5) is 4.79 Å². The number of benzene rings is 2. The standard InChI is InChI=1S/C42H54BClN4O11/c1-40(2,3)57-38(52)26-14-10-12-22(33(26)55-8)18-30(43-58-29-20-23-19-28(41(23,4)5)42(29,6)59-43)45-35(49)32(25-15-16-27(54-7)34(56-9)31(25)44)46-39(53)48-21-24-13-11-17-47(24)36(50)37(48)51/h10,12,14-16,23-24,28-30,32H,11,13,17-21H2,1-9H3,(H,45,49)(H,46,53)/t23-,24+,28-,29+,30?,32?,42-/m0/s1. The van der Waals surface area contributed by atoms with E-state index in [1.165, 1.54) is 32.3 Å². The van der Waals surface area contributed by atoms with Gasteiger partial charge in [-0.1, -0.05) is 43.6 Å². The number of imide groups is 1. The van der Waals surface area contributed by atoms with Crippen molar-refractivity contribution in [1.82, 2.24) is 20.4 Å². The molecule has 0 radical (unpaired) electrons. The van der Waals surface area contributed by atoms with Crippen molar-refractivity contribution in [3.05, 3.63) is 52.0 Å². The second kappa shape index (κ2) is 15.8. The van der Waals surface area contributed by atoms with Gasteiger partial charge in [0.2, 0.25) is 5.91 Å². The van der Waals surface area contributed by atoms with Crippen molar-refractivity contribution in [2.24, 2.45) is 17.3 Å². The largest absolute Gasteiger partial charge is 0.496 e. The third-order valence-corrected chi connectivity index (χ3v) is 13.4. The van der Waals surface area contributed by atoms with Gasteiger partial charge in [0.15, 0.2) is 11.5 Å². The number of carbonyl (C=O) groups excluding carboxylic acids is 5. The van der Waals surface area contributed by atoms with Crippen molar-refractivity contribution in [2.45, 2.75) is 109 Å². The van der Waals surface area contributed by atoms with Crippen LogP contribution in [-0.2, 0) is 34.9 Å². The maximum atomic E-state index is 15.0. The SMILES string of the molecule is COc1ccc(C(NC(=O)N2C[C@H]3CCCN3C(=O)C2=O)C(=O)NC(Cc2cccc(C(=O)OC(C)(C)C)c2OC)B2O[C@@H]3C[C@@H]4C[C@@H](C4(C)C)[C@]3(C)O2)c(Cl)c1OC. The van der Waals surface area contributed by atoms with E-state index >= 15 is 0 Å². The van der Waals surface area contributed by atoms with Gasteiger partial charge in [-0.05, 0) is 94.7 Å². The van der Waals surface area contributed by atoms with Gasteiger partial charge in [0.1, 0.15) is 23.0 Å². The van der Waals surface area contributed by atoms with Crippen LogP contribution in [0.3, 0.4) is 0 Å². The summed E-state index contributed by atoms with van der Waals surface area (Å²) in [7, 11) is 3.32. The molecule has 3 aliphatic heterocycles. The van der Waals surface area contributed by atoms with Crippen LogP contribution >= 0.6 is 11.6 Å². The number of nitrogens with zero attached hydrogens (tertiary/aromatic N) is 2. The van der Waals surface area contributed by atoms with E-state index in [0.717, 1.165) is 17.7 Å². The van der Waals surface area contributed by atoms with E-state index in [2.05, 4.69) is 31.4 Å². The molecule has 2 unspecified atom stereocenters. The van der Waals surface area contributed by atoms with Gasteiger partial charge in [0, 0.05) is 12.1 Å². The van der Waals surface area contributed by atoms with E-state index in [9.17, 15) is 24.0 Å². The number of carbonyl (C=O) groups is 5.